The molecular formula is C18H26N4O5S. The number of morpholine rings is 1. The highest BCUT2D eigenvalue weighted by Gasteiger charge is 2.26. The zero-order chi connectivity index (χ0) is 20.3. The van der Waals surface area contributed by atoms with Crippen LogP contribution in [0.1, 0.15) is 23.2 Å². The van der Waals surface area contributed by atoms with Crippen molar-refractivity contribution in [3.8, 4) is 0 Å². The molecule has 1 aromatic rings. The van der Waals surface area contributed by atoms with E-state index in [1.165, 1.54) is 26.2 Å². The van der Waals surface area contributed by atoms with Crippen molar-refractivity contribution in [1.82, 2.24) is 14.9 Å². The van der Waals surface area contributed by atoms with Gasteiger partial charge in [-0.1, -0.05) is 0 Å². The predicted molar refractivity (Wildman–Crippen MR) is 104 cm³/mol. The fraction of sp³-hybridized carbons (Fsp3) is 0.556. The zero-order valence-electron chi connectivity index (χ0n) is 16.1. The number of ether oxygens (including phenoxy) is 1. The quantitative estimate of drug-likeness (QED) is 0.644. The number of nitrogens with zero attached hydrogens (tertiary/aromatic N) is 2. The van der Waals surface area contributed by atoms with Crippen LogP contribution in [-0.2, 0) is 19.6 Å². The lowest BCUT2D eigenvalue weighted by molar-refractivity contribution is -0.120. The predicted octanol–water partition coefficient (Wildman–Crippen LogP) is -0.218. The molecule has 1 saturated heterocycles. The number of anilines is 1. The van der Waals surface area contributed by atoms with Crippen LogP contribution in [-0.4, -0.2) is 77.5 Å². The lowest BCUT2D eigenvalue weighted by Gasteiger charge is -2.30. The molecule has 2 fully saturated rings. The molecule has 1 aliphatic carbocycles. The molecular weight excluding hydrogens is 384 g/mol. The molecule has 154 valence electrons. The molecule has 0 radical (unpaired) electrons. The van der Waals surface area contributed by atoms with Gasteiger partial charge in [-0.2, -0.15) is 0 Å². The zero-order valence-corrected chi connectivity index (χ0v) is 16.9. The number of hydrogen-bond acceptors (Lipinski definition) is 6. The van der Waals surface area contributed by atoms with Crippen LogP contribution in [0.25, 0.3) is 0 Å². The number of benzene rings is 1. The van der Waals surface area contributed by atoms with Crippen LogP contribution in [0.15, 0.2) is 23.1 Å². The Labute approximate surface area is 165 Å². The molecule has 1 heterocycles. The molecule has 0 spiro atoms. The van der Waals surface area contributed by atoms with Gasteiger partial charge in [0, 0.05) is 38.9 Å². The van der Waals surface area contributed by atoms with Gasteiger partial charge in [-0.05, 0) is 31.0 Å². The minimum Gasteiger partial charge on any atom is -0.378 e. The molecule has 10 heteroatoms. The van der Waals surface area contributed by atoms with Crippen molar-refractivity contribution in [2.24, 2.45) is 0 Å². The average Bonchev–Trinajstić information content (AvgIpc) is 3.50. The van der Waals surface area contributed by atoms with E-state index in [1.54, 1.807) is 6.07 Å². The number of carbonyl (C=O) groups excluding carboxylic acids is 2. The highest BCUT2D eigenvalue weighted by molar-refractivity contribution is 7.89. The Bertz CT molecular complexity index is 846. The van der Waals surface area contributed by atoms with Gasteiger partial charge in [0.15, 0.2) is 0 Å². The minimum atomic E-state index is -3.69. The Morgan fingerprint density at radius 2 is 1.89 bits per heavy atom. The van der Waals surface area contributed by atoms with E-state index >= 15 is 0 Å². The fourth-order valence-electron chi connectivity index (χ4n) is 2.91. The molecule has 2 amide bonds. The molecule has 0 unspecified atom stereocenters. The lowest BCUT2D eigenvalue weighted by atomic mass is 10.1. The van der Waals surface area contributed by atoms with E-state index in [2.05, 4.69) is 10.6 Å². The number of sulfonamides is 1. The Balaban J connectivity index is 1.85. The highest BCUT2D eigenvalue weighted by atomic mass is 32.2. The van der Waals surface area contributed by atoms with Crippen LogP contribution in [0.3, 0.4) is 0 Å². The van der Waals surface area contributed by atoms with Crippen molar-refractivity contribution in [3.05, 3.63) is 23.8 Å². The van der Waals surface area contributed by atoms with Gasteiger partial charge in [-0.3, -0.25) is 9.59 Å². The average molecular weight is 410 g/mol. The van der Waals surface area contributed by atoms with Crippen molar-refractivity contribution in [2.75, 3.05) is 51.8 Å². The summed E-state index contributed by atoms with van der Waals surface area (Å²) in [5.74, 6) is -0.732. The second-order valence-electron chi connectivity index (χ2n) is 7.09. The van der Waals surface area contributed by atoms with Gasteiger partial charge in [-0.25, -0.2) is 12.7 Å². The van der Waals surface area contributed by atoms with Crippen LogP contribution < -0.4 is 15.5 Å². The number of carbonyl (C=O) groups is 2. The maximum absolute atomic E-state index is 12.8. The Morgan fingerprint density at radius 1 is 1.21 bits per heavy atom. The molecule has 9 nitrogen and oxygen atoms in total. The Kier molecular flexibility index (Phi) is 6.21. The molecule has 0 aromatic heterocycles. The van der Waals surface area contributed by atoms with Gasteiger partial charge in [0.2, 0.25) is 15.9 Å². The molecule has 0 atom stereocenters. The summed E-state index contributed by atoms with van der Waals surface area (Å²) in [4.78, 5) is 26.7. The monoisotopic (exact) mass is 410 g/mol. The first-order chi connectivity index (χ1) is 13.3. The lowest BCUT2D eigenvalue weighted by Crippen LogP contribution is -2.40. The van der Waals surface area contributed by atoms with Crippen LogP contribution in [0, 0.1) is 0 Å². The third kappa shape index (κ3) is 4.81. The van der Waals surface area contributed by atoms with Crippen molar-refractivity contribution in [3.63, 3.8) is 0 Å². The normalized spacial score (nSPS) is 17.5. The summed E-state index contributed by atoms with van der Waals surface area (Å²) in [5.41, 5.74) is 0.852. The van der Waals surface area contributed by atoms with Crippen molar-refractivity contribution in [1.29, 1.82) is 0 Å². The molecule has 1 saturated carbocycles. The minimum absolute atomic E-state index is 0.0297. The molecule has 0 bridgehead atoms. The topological polar surface area (TPSA) is 108 Å². The van der Waals surface area contributed by atoms with Gasteiger partial charge in [0.05, 0.1) is 30.2 Å². The number of rotatable bonds is 7. The van der Waals surface area contributed by atoms with E-state index in [0.717, 1.165) is 17.1 Å². The standard InChI is InChI=1S/C18H26N4O5S/c1-21(2)28(25,26)14-5-6-16(22-7-9-27-10-8-22)15(11-14)18(24)19-12-17(23)20-13-3-4-13/h5-6,11,13H,3-4,7-10,12H2,1-2H3,(H,19,24)(H,20,23). The van der Waals surface area contributed by atoms with Gasteiger partial charge < -0.3 is 20.3 Å². The number of amides is 2. The first-order valence-electron chi connectivity index (χ1n) is 9.26. The Morgan fingerprint density at radius 3 is 2.50 bits per heavy atom. The van der Waals surface area contributed by atoms with Crippen LogP contribution in [0.5, 0.6) is 0 Å². The second kappa shape index (κ2) is 8.46. The van der Waals surface area contributed by atoms with Crippen molar-refractivity contribution in [2.45, 2.75) is 23.8 Å². The molecule has 1 aliphatic heterocycles. The van der Waals surface area contributed by atoms with Crippen molar-refractivity contribution >= 4 is 27.5 Å². The summed E-state index contributed by atoms with van der Waals surface area (Å²) in [6, 6.07) is 4.72. The summed E-state index contributed by atoms with van der Waals surface area (Å²) in [7, 11) is -0.813. The van der Waals surface area contributed by atoms with Gasteiger partial charge in [-0.15, -0.1) is 0 Å². The molecule has 2 N–H and O–H groups in total. The maximum Gasteiger partial charge on any atom is 0.253 e. The molecule has 28 heavy (non-hydrogen) atoms. The number of nitrogens with one attached hydrogen (secondary N) is 2. The summed E-state index contributed by atoms with van der Waals surface area (Å²) < 4.78 is 31.4. The van der Waals surface area contributed by atoms with Crippen LogP contribution in [0.2, 0.25) is 0 Å². The molecule has 2 aliphatic rings. The number of hydrogen-bond donors (Lipinski definition) is 2. The van der Waals surface area contributed by atoms with E-state index in [-0.39, 0.29) is 29.0 Å². The Hall–Kier alpha value is -2.17. The summed E-state index contributed by atoms with van der Waals surface area (Å²) in [6.45, 7) is 2.11. The fourth-order valence-corrected chi connectivity index (χ4v) is 3.84. The van der Waals surface area contributed by atoms with Gasteiger partial charge in [0.1, 0.15) is 0 Å². The second-order valence-corrected chi connectivity index (χ2v) is 9.24. The first kappa shape index (κ1) is 20.6. The van der Waals surface area contributed by atoms with E-state index in [4.69, 9.17) is 4.74 Å². The third-order valence-corrected chi connectivity index (χ3v) is 6.51. The van der Waals surface area contributed by atoms with Gasteiger partial charge >= 0.3 is 0 Å². The summed E-state index contributed by atoms with van der Waals surface area (Å²) >= 11 is 0. The third-order valence-electron chi connectivity index (χ3n) is 4.69. The van der Waals surface area contributed by atoms with E-state index in [0.29, 0.717) is 32.0 Å². The highest BCUT2D eigenvalue weighted by Crippen LogP contribution is 2.26. The summed E-state index contributed by atoms with van der Waals surface area (Å²) in [5, 5.41) is 5.41. The molecule has 1 aromatic carbocycles. The smallest absolute Gasteiger partial charge is 0.253 e. The van der Waals surface area contributed by atoms with Crippen LogP contribution in [0.4, 0.5) is 5.69 Å². The van der Waals surface area contributed by atoms with Gasteiger partial charge in [0.25, 0.3) is 5.91 Å². The molecule has 3 rings (SSSR count). The summed E-state index contributed by atoms with van der Waals surface area (Å²) in [6.07, 6.45) is 1.93. The van der Waals surface area contributed by atoms with E-state index < -0.39 is 15.9 Å². The SMILES string of the molecule is CN(C)S(=O)(=O)c1ccc(N2CCOCC2)c(C(=O)NCC(=O)NC2CC2)c1. The van der Waals surface area contributed by atoms with E-state index in [1.807, 2.05) is 4.90 Å². The van der Waals surface area contributed by atoms with Crippen molar-refractivity contribution < 1.29 is 22.7 Å². The van der Waals surface area contributed by atoms with E-state index in [9.17, 15) is 18.0 Å². The van der Waals surface area contributed by atoms with Crippen LogP contribution >= 0.6 is 0 Å². The largest absolute Gasteiger partial charge is 0.378 e. The first-order valence-corrected chi connectivity index (χ1v) is 10.7. The maximum atomic E-state index is 12.8.